The molecule has 0 saturated carbocycles. The Morgan fingerprint density at radius 1 is 0.971 bits per heavy atom. The van der Waals surface area contributed by atoms with Crippen LogP contribution in [0.1, 0.15) is 41.4 Å². The lowest BCUT2D eigenvalue weighted by Crippen LogP contribution is -2.45. The normalized spacial score (nSPS) is 15.0. The van der Waals surface area contributed by atoms with Crippen LogP contribution in [0.2, 0.25) is 0 Å². The zero-order valence-electron chi connectivity index (χ0n) is 19.9. The van der Waals surface area contributed by atoms with Crippen LogP contribution in [0.25, 0.3) is 0 Å². The predicted molar refractivity (Wildman–Crippen MR) is 136 cm³/mol. The van der Waals surface area contributed by atoms with E-state index in [4.69, 9.17) is 0 Å². The number of rotatable bonds is 8. The molecule has 6 heteroatoms. The maximum Gasteiger partial charge on any atom is 0.253 e. The summed E-state index contributed by atoms with van der Waals surface area (Å²) < 4.78 is 14.2. The largest absolute Gasteiger partial charge is 0.353 e. The molecule has 1 atom stereocenters. The smallest absolute Gasteiger partial charge is 0.253 e. The highest BCUT2D eigenvalue weighted by Crippen LogP contribution is 2.32. The van der Waals surface area contributed by atoms with E-state index in [-0.39, 0.29) is 17.8 Å². The molecule has 0 radical (unpaired) electrons. The molecule has 34 heavy (non-hydrogen) atoms. The standard InChI is InChI=1S/C28H33FN4O/c1-3-32(4-2)28(34)22-14-12-21(13-15-22)27(33-18-16-30-17-19-33)23-8-7-9-24(20-23)31-26-11-6-5-10-25(26)29/h5-15,20,27,30-31H,3-4,16-19H2,1-2H3/t27-/m0/s1. The SMILES string of the molecule is CCN(CC)C(=O)c1ccc([C@@H](c2cccc(Nc3ccccc3F)c2)N2CCNCC2)cc1. The van der Waals surface area contributed by atoms with E-state index >= 15 is 0 Å². The van der Waals surface area contributed by atoms with Crippen LogP contribution in [0, 0.1) is 5.82 Å². The van der Waals surface area contributed by atoms with Gasteiger partial charge in [0.2, 0.25) is 0 Å². The Morgan fingerprint density at radius 2 is 1.68 bits per heavy atom. The molecule has 2 N–H and O–H groups in total. The van der Waals surface area contributed by atoms with Crippen LogP contribution in [0.15, 0.2) is 72.8 Å². The second kappa shape index (κ2) is 11.3. The lowest BCUT2D eigenvalue weighted by atomic mass is 9.95. The van der Waals surface area contributed by atoms with Crippen molar-refractivity contribution in [3.8, 4) is 0 Å². The van der Waals surface area contributed by atoms with Crippen molar-refractivity contribution >= 4 is 17.3 Å². The number of hydrogen-bond donors (Lipinski definition) is 2. The minimum absolute atomic E-state index is 0.0436. The first-order valence-electron chi connectivity index (χ1n) is 12.1. The number of nitrogens with zero attached hydrogens (tertiary/aromatic N) is 2. The van der Waals surface area contributed by atoms with E-state index in [2.05, 4.69) is 39.8 Å². The van der Waals surface area contributed by atoms with Crippen molar-refractivity contribution in [1.29, 1.82) is 0 Å². The van der Waals surface area contributed by atoms with Crippen LogP contribution in [0.4, 0.5) is 15.8 Å². The molecular formula is C28H33FN4O. The van der Waals surface area contributed by atoms with Crippen molar-refractivity contribution in [2.75, 3.05) is 44.6 Å². The average molecular weight is 461 g/mol. The van der Waals surface area contributed by atoms with Crippen molar-refractivity contribution < 1.29 is 9.18 Å². The van der Waals surface area contributed by atoms with Gasteiger partial charge in [-0.15, -0.1) is 0 Å². The minimum atomic E-state index is -0.278. The number of halogens is 1. The number of anilines is 2. The molecule has 3 aromatic rings. The van der Waals surface area contributed by atoms with Gasteiger partial charge < -0.3 is 15.5 Å². The molecule has 178 valence electrons. The Balaban J connectivity index is 1.65. The van der Waals surface area contributed by atoms with E-state index in [0.717, 1.165) is 43.0 Å². The van der Waals surface area contributed by atoms with Crippen LogP contribution in [0.5, 0.6) is 0 Å². The van der Waals surface area contributed by atoms with Gasteiger partial charge in [0, 0.05) is 50.5 Å². The van der Waals surface area contributed by atoms with Gasteiger partial charge in [-0.05, 0) is 61.4 Å². The van der Waals surface area contributed by atoms with Crippen LogP contribution in [-0.4, -0.2) is 55.0 Å². The average Bonchev–Trinajstić information content (AvgIpc) is 2.88. The van der Waals surface area contributed by atoms with Crippen molar-refractivity contribution in [3.05, 3.63) is 95.3 Å². The fraction of sp³-hybridized carbons (Fsp3) is 0.321. The van der Waals surface area contributed by atoms with Gasteiger partial charge in [-0.3, -0.25) is 9.69 Å². The lowest BCUT2D eigenvalue weighted by molar-refractivity contribution is 0.0773. The minimum Gasteiger partial charge on any atom is -0.353 e. The first-order chi connectivity index (χ1) is 16.6. The molecule has 5 nitrogen and oxygen atoms in total. The first kappa shape index (κ1) is 23.9. The van der Waals surface area contributed by atoms with Crippen molar-refractivity contribution in [1.82, 2.24) is 15.1 Å². The van der Waals surface area contributed by atoms with Crippen LogP contribution < -0.4 is 10.6 Å². The summed E-state index contributed by atoms with van der Waals surface area (Å²) in [6, 6.07) is 22.9. The monoisotopic (exact) mass is 460 g/mol. The van der Waals surface area contributed by atoms with E-state index in [9.17, 15) is 9.18 Å². The zero-order chi connectivity index (χ0) is 23.9. The summed E-state index contributed by atoms with van der Waals surface area (Å²) in [5.74, 6) is -0.216. The third-order valence-electron chi connectivity index (χ3n) is 6.40. The van der Waals surface area contributed by atoms with Crippen molar-refractivity contribution in [2.45, 2.75) is 19.9 Å². The van der Waals surface area contributed by atoms with Gasteiger partial charge in [-0.1, -0.05) is 36.4 Å². The van der Waals surface area contributed by atoms with Crippen LogP contribution in [-0.2, 0) is 0 Å². The molecule has 0 aliphatic carbocycles. The summed E-state index contributed by atoms with van der Waals surface area (Å²) >= 11 is 0. The summed E-state index contributed by atoms with van der Waals surface area (Å²) in [5, 5.41) is 6.64. The predicted octanol–water partition coefficient (Wildman–Crippen LogP) is 5.05. The Kier molecular flexibility index (Phi) is 7.93. The number of carbonyl (C=O) groups is 1. The number of para-hydroxylation sites is 1. The lowest BCUT2D eigenvalue weighted by Gasteiger charge is -2.36. The number of amides is 1. The maximum atomic E-state index is 14.2. The number of benzene rings is 3. The summed E-state index contributed by atoms with van der Waals surface area (Å²) in [6.07, 6.45) is 0. The van der Waals surface area contributed by atoms with Gasteiger partial charge in [0.15, 0.2) is 0 Å². The Labute approximate surface area is 201 Å². The summed E-state index contributed by atoms with van der Waals surface area (Å²) in [6.45, 7) is 9.11. The Hall–Kier alpha value is -3.22. The van der Waals surface area contributed by atoms with E-state index in [1.807, 2.05) is 49.1 Å². The summed E-state index contributed by atoms with van der Waals surface area (Å²) in [5.41, 5.74) is 4.28. The molecule has 4 rings (SSSR count). The fourth-order valence-corrected chi connectivity index (χ4v) is 4.56. The molecular weight excluding hydrogens is 427 g/mol. The highest BCUT2D eigenvalue weighted by Gasteiger charge is 2.25. The van der Waals surface area contributed by atoms with E-state index < -0.39 is 0 Å². The highest BCUT2D eigenvalue weighted by molar-refractivity contribution is 5.94. The van der Waals surface area contributed by atoms with E-state index in [1.54, 1.807) is 12.1 Å². The highest BCUT2D eigenvalue weighted by atomic mass is 19.1. The molecule has 3 aromatic carbocycles. The van der Waals surface area contributed by atoms with Gasteiger partial charge in [0.05, 0.1) is 11.7 Å². The quantitative estimate of drug-likeness (QED) is 0.494. The molecule has 1 aliphatic rings. The Bertz CT molecular complexity index is 1090. The third-order valence-corrected chi connectivity index (χ3v) is 6.40. The van der Waals surface area contributed by atoms with Gasteiger partial charge in [0.1, 0.15) is 5.82 Å². The molecule has 0 bridgehead atoms. The van der Waals surface area contributed by atoms with Gasteiger partial charge >= 0.3 is 0 Å². The number of nitrogens with one attached hydrogen (secondary N) is 2. The van der Waals surface area contributed by atoms with Gasteiger partial charge in [-0.25, -0.2) is 4.39 Å². The number of hydrogen-bond acceptors (Lipinski definition) is 4. The van der Waals surface area contributed by atoms with Crippen molar-refractivity contribution in [3.63, 3.8) is 0 Å². The molecule has 1 saturated heterocycles. The van der Waals surface area contributed by atoms with Crippen LogP contribution >= 0.6 is 0 Å². The number of piperazine rings is 1. The van der Waals surface area contributed by atoms with E-state index in [0.29, 0.717) is 24.3 Å². The topological polar surface area (TPSA) is 47.6 Å². The van der Waals surface area contributed by atoms with E-state index in [1.165, 1.54) is 6.07 Å². The first-order valence-corrected chi connectivity index (χ1v) is 12.1. The van der Waals surface area contributed by atoms with Gasteiger partial charge in [0.25, 0.3) is 5.91 Å². The second-order valence-electron chi connectivity index (χ2n) is 8.52. The molecule has 0 spiro atoms. The maximum absolute atomic E-state index is 14.2. The third kappa shape index (κ3) is 5.46. The molecule has 1 fully saturated rings. The summed E-state index contributed by atoms with van der Waals surface area (Å²) in [7, 11) is 0. The zero-order valence-corrected chi connectivity index (χ0v) is 19.9. The van der Waals surface area contributed by atoms with Gasteiger partial charge in [-0.2, -0.15) is 0 Å². The number of carbonyl (C=O) groups excluding carboxylic acids is 1. The molecule has 0 unspecified atom stereocenters. The van der Waals surface area contributed by atoms with Crippen LogP contribution in [0.3, 0.4) is 0 Å². The second-order valence-corrected chi connectivity index (χ2v) is 8.52. The molecule has 0 aromatic heterocycles. The molecule has 1 amide bonds. The fourth-order valence-electron chi connectivity index (χ4n) is 4.56. The molecule has 1 aliphatic heterocycles. The Morgan fingerprint density at radius 3 is 2.35 bits per heavy atom. The molecule has 1 heterocycles. The van der Waals surface area contributed by atoms with Crippen molar-refractivity contribution in [2.24, 2.45) is 0 Å². The summed E-state index contributed by atoms with van der Waals surface area (Å²) in [4.78, 5) is 17.1.